The molecular weight excluding hydrogens is 613 g/mol. The van der Waals surface area contributed by atoms with Crippen molar-refractivity contribution in [2.45, 2.75) is 26.6 Å². The molecule has 5 aromatic rings. The Balaban J connectivity index is 0.000000228. The van der Waals surface area contributed by atoms with Crippen LogP contribution in [0.5, 0.6) is 0 Å². The molecule has 2 atom stereocenters. The molecule has 2 unspecified atom stereocenters. The third-order valence-corrected chi connectivity index (χ3v) is 6.62. The molecule has 4 heteroatoms. The predicted molar refractivity (Wildman–Crippen MR) is 141 cm³/mol. The molecule has 0 amide bonds. The second-order valence-corrected chi connectivity index (χ2v) is 8.65. The Morgan fingerprint density at radius 2 is 1.88 bits per heavy atom. The van der Waals surface area contributed by atoms with Gasteiger partial charge in [-0.25, -0.2) is 0 Å². The van der Waals surface area contributed by atoms with Crippen LogP contribution in [-0.2, 0) is 20.1 Å². The molecule has 1 aliphatic heterocycles. The summed E-state index contributed by atoms with van der Waals surface area (Å²) in [4.78, 5) is 8.44. The van der Waals surface area contributed by atoms with E-state index in [9.17, 15) is 0 Å². The Kier molecular flexibility index (Phi) is 5.97. The number of pyridine rings is 1. The minimum absolute atomic E-state index is 0. The van der Waals surface area contributed by atoms with Crippen LogP contribution in [0, 0.1) is 19.1 Å². The van der Waals surface area contributed by atoms with E-state index < -0.39 is 19.6 Å². The van der Waals surface area contributed by atoms with Gasteiger partial charge in [0.1, 0.15) is 0 Å². The second kappa shape index (κ2) is 11.0. The molecule has 2 aromatic heterocycles. The summed E-state index contributed by atoms with van der Waals surface area (Å²) in [7, 11) is 0. The van der Waals surface area contributed by atoms with Gasteiger partial charge >= 0.3 is 0 Å². The smallest absolute Gasteiger partial charge is 0.0309 e. The first-order valence-corrected chi connectivity index (χ1v) is 11.4. The molecule has 1 aliphatic rings. The minimum Gasteiger partial charge on any atom is -0.309 e. The van der Waals surface area contributed by atoms with E-state index in [0.717, 1.165) is 21.3 Å². The minimum atomic E-state index is -2.39. The largest absolute Gasteiger partial charge is 0.309 e. The summed E-state index contributed by atoms with van der Waals surface area (Å²) < 4.78 is 41.2. The molecule has 1 radical (unpaired) electrons. The molecule has 3 heterocycles. The molecule has 0 spiro atoms. The average molecular weight is 642 g/mol. The first-order valence-electron chi connectivity index (χ1n) is 13.2. The third kappa shape index (κ3) is 5.25. The van der Waals surface area contributed by atoms with Gasteiger partial charge in [0.15, 0.2) is 0 Å². The van der Waals surface area contributed by atoms with Crippen LogP contribution >= 0.6 is 11.3 Å². The first kappa shape index (κ1) is 18.4. The van der Waals surface area contributed by atoms with E-state index in [0.29, 0.717) is 11.3 Å². The van der Waals surface area contributed by atoms with E-state index in [4.69, 9.17) is 6.85 Å². The van der Waals surface area contributed by atoms with E-state index >= 15 is 0 Å². The quantitative estimate of drug-likeness (QED) is 0.179. The number of hydrogen-bond donors (Lipinski definition) is 0. The Labute approximate surface area is 225 Å². The number of allylic oxidation sites excluding steroid dienone is 1. The average Bonchev–Trinajstić information content (AvgIpc) is 3.30. The fraction of sp³-hybridized carbons (Fsp3) is 0.133. The van der Waals surface area contributed by atoms with E-state index in [1.54, 1.807) is 17.5 Å². The topological polar surface area (TPSA) is 25.2 Å². The van der Waals surface area contributed by atoms with Gasteiger partial charge in [0, 0.05) is 44.1 Å². The summed E-state index contributed by atoms with van der Waals surface area (Å²) in [5, 5.41) is 2.29. The first-order chi connectivity index (χ1) is 18.2. The Bertz CT molecular complexity index is 1610. The standard InChI is InChI=1S/C19H16NS.C11H8N.Ir/c1-12-6-9-17(20-11-12)14-7-8-15-16-5-3-4-13(2)19(16)21-18(15)10-14;1-2-6-10(7-3-1)11-8-4-5-9-12-11;/h3-5,8,10-11H,6,9H2,1-2H3;1-6,8-9H;/q2*-1;/i1D3,6D,9D;;. The van der Waals surface area contributed by atoms with Crippen molar-refractivity contribution in [3.8, 4) is 11.3 Å². The van der Waals surface area contributed by atoms with Crippen molar-refractivity contribution in [1.29, 1.82) is 0 Å². The Morgan fingerprint density at radius 3 is 2.68 bits per heavy atom. The normalized spacial score (nSPS) is 19.7. The van der Waals surface area contributed by atoms with Crippen molar-refractivity contribution in [1.82, 2.24) is 4.98 Å². The maximum Gasteiger partial charge on any atom is 0.0309 e. The predicted octanol–water partition coefficient (Wildman–Crippen LogP) is 8.20. The van der Waals surface area contributed by atoms with Crippen LogP contribution in [0.25, 0.3) is 31.4 Å². The second-order valence-electron chi connectivity index (χ2n) is 7.60. The monoisotopic (exact) mass is 642 g/mol. The molecule has 0 fully saturated rings. The fourth-order valence-corrected chi connectivity index (χ4v) is 4.84. The SMILES string of the molecule is [2H]C1C(C([2H])([2H])[2H])=CN=C(c2[c-]cc3c(c2)sc2c(C)cccc23)C1[2H].[Ir].[c-]1ccccc1-c1ccccn1. The summed E-state index contributed by atoms with van der Waals surface area (Å²) in [5.41, 5.74) is 4.19. The van der Waals surface area contributed by atoms with Gasteiger partial charge in [0.25, 0.3) is 0 Å². The molecule has 0 bridgehead atoms. The van der Waals surface area contributed by atoms with Crippen molar-refractivity contribution >= 4 is 37.2 Å². The van der Waals surface area contributed by atoms with Crippen LogP contribution in [0.4, 0.5) is 0 Å². The maximum atomic E-state index is 8.31. The molecule has 3 aromatic carbocycles. The molecule has 0 N–H and O–H groups in total. The number of aromatic nitrogens is 1. The number of aryl methyl sites for hydroxylation is 1. The summed E-state index contributed by atoms with van der Waals surface area (Å²) >= 11 is 1.68. The van der Waals surface area contributed by atoms with Crippen molar-refractivity contribution in [3.05, 3.63) is 114 Å². The van der Waals surface area contributed by atoms with Gasteiger partial charge in [-0.3, -0.25) is 0 Å². The number of thiophene rings is 1. The zero-order valence-corrected chi connectivity index (χ0v) is 21.6. The Hall–Kier alpha value is -2.91. The number of benzene rings is 3. The number of nitrogens with zero attached hydrogens (tertiary/aromatic N) is 2. The van der Waals surface area contributed by atoms with Crippen LogP contribution in [0.3, 0.4) is 0 Å². The van der Waals surface area contributed by atoms with Crippen molar-refractivity contribution < 1.29 is 27.0 Å². The Morgan fingerprint density at radius 1 is 0.971 bits per heavy atom. The van der Waals surface area contributed by atoms with Gasteiger partial charge in [0.05, 0.1) is 0 Å². The van der Waals surface area contributed by atoms with Gasteiger partial charge in [-0.1, -0.05) is 41.3 Å². The number of fused-ring (bicyclic) bond motifs is 3. The van der Waals surface area contributed by atoms with Crippen LogP contribution in [-0.4, -0.2) is 10.7 Å². The fourth-order valence-electron chi connectivity index (χ4n) is 3.65. The van der Waals surface area contributed by atoms with Crippen LogP contribution in [0.2, 0.25) is 0 Å². The van der Waals surface area contributed by atoms with Crippen molar-refractivity contribution in [2.24, 2.45) is 4.99 Å². The molecule has 6 rings (SSSR count). The number of aliphatic imine (C=N–C) groups is 1. The summed E-state index contributed by atoms with van der Waals surface area (Å²) in [6.45, 7) is -0.309. The van der Waals surface area contributed by atoms with Crippen LogP contribution in [0.1, 0.15) is 37.6 Å². The zero-order valence-electron chi connectivity index (χ0n) is 23.4. The molecule has 0 aliphatic carbocycles. The van der Waals surface area contributed by atoms with Crippen molar-refractivity contribution in [3.63, 3.8) is 0 Å². The van der Waals surface area contributed by atoms with Gasteiger partial charge in [0.2, 0.25) is 0 Å². The summed E-state index contributed by atoms with van der Waals surface area (Å²) in [6.07, 6.45) is 0.831. The van der Waals surface area contributed by atoms with E-state index in [1.165, 1.54) is 21.8 Å². The molecule has 34 heavy (non-hydrogen) atoms. The van der Waals surface area contributed by atoms with Gasteiger partial charge in [-0.2, -0.15) is 11.3 Å². The summed E-state index contributed by atoms with van der Waals surface area (Å²) in [5.74, 6) is 0. The van der Waals surface area contributed by atoms with Crippen LogP contribution < -0.4 is 0 Å². The molecular formula is C30H24IrN2S-2. The summed E-state index contributed by atoms with van der Waals surface area (Å²) in [6, 6.07) is 30.1. The molecule has 0 saturated carbocycles. The van der Waals surface area contributed by atoms with E-state index in [1.807, 2.05) is 60.7 Å². The third-order valence-electron chi connectivity index (χ3n) is 5.32. The van der Waals surface area contributed by atoms with Crippen LogP contribution in [0.15, 0.2) is 95.8 Å². The van der Waals surface area contributed by atoms with Gasteiger partial charge in [-0.15, -0.1) is 59.7 Å². The van der Waals surface area contributed by atoms with Crippen molar-refractivity contribution in [2.75, 3.05) is 0 Å². The van der Waals surface area contributed by atoms with E-state index in [-0.39, 0.29) is 25.7 Å². The van der Waals surface area contributed by atoms with E-state index in [2.05, 4.69) is 41.2 Å². The number of rotatable bonds is 2. The molecule has 2 nitrogen and oxygen atoms in total. The molecule has 171 valence electrons. The number of hydrogen-bond acceptors (Lipinski definition) is 3. The molecule has 0 saturated heterocycles. The van der Waals surface area contributed by atoms with Gasteiger partial charge in [-0.05, 0) is 59.7 Å². The van der Waals surface area contributed by atoms with Gasteiger partial charge < -0.3 is 9.98 Å². The maximum absolute atomic E-state index is 8.31. The zero-order chi connectivity index (χ0) is 26.9.